The molecule has 0 spiro atoms. The molecule has 0 bridgehead atoms. The number of hydrogen-bond donors (Lipinski definition) is 2. The predicted octanol–water partition coefficient (Wildman–Crippen LogP) is 3.59. The number of amides is 2. The molecule has 1 aromatic carbocycles. The second-order valence-corrected chi connectivity index (χ2v) is 4.77. The van der Waals surface area contributed by atoms with Crippen LogP contribution in [0.1, 0.15) is 11.1 Å². The number of anilines is 2. The lowest BCUT2D eigenvalue weighted by atomic mass is 10.1. The second-order valence-electron chi connectivity index (χ2n) is 4.77. The number of rotatable bonds is 3. The van der Waals surface area contributed by atoms with Crippen LogP contribution in [0.2, 0.25) is 0 Å². The van der Waals surface area contributed by atoms with Crippen LogP contribution in [0.25, 0.3) is 11.7 Å². The van der Waals surface area contributed by atoms with Crippen LogP contribution in [0.3, 0.4) is 0 Å². The van der Waals surface area contributed by atoms with Crippen molar-refractivity contribution < 1.29 is 13.6 Å². The Balaban J connectivity index is 1.65. The SMILES string of the molecule is Cc1ccc(NC(=O)Nc2nnc(-c3ccco3)o2)cc1C. The number of aromatic nitrogens is 2. The van der Waals surface area contributed by atoms with Crippen LogP contribution in [0.4, 0.5) is 16.5 Å². The maximum absolute atomic E-state index is 11.9. The molecule has 0 fully saturated rings. The fourth-order valence-electron chi connectivity index (χ4n) is 1.85. The van der Waals surface area contributed by atoms with E-state index in [0.717, 1.165) is 11.1 Å². The molecule has 3 rings (SSSR count). The minimum absolute atomic E-state index is 0.00673. The summed E-state index contributed by atoms with van der Waals surface area (Å²) in [5.74, 6) is 0.640. The summed E-state index contributed by atoms with van der Waals surface area (Å²) in [6, 6.07) is 8.57. The average molecular weight is 298 g/mol. The summed E-state index contributed by atoms with van der Waals surface area (Å²) >= 11 is 0. The van der Waals surface area contributed by atoms with E-state index >= 15 is 0 Å². The number of carbonyl (C=O) groups is 1. The van der Waals surface area contributed by atoms with E-state index in [2.05, 4.69) is 20.8 Å². The van der Waals surface area contributed by atoms with Gasteiger partial charge in [-0.25, -0.2) is 4.79 Å². The molecule has 22 heavy (non-hydrogen) atoms. The topological polar surface area (TPSA) is 93.2 Å². The van der Waals surface area contributed by atoms with Crippen molar-refractivity contribution in [3.8, 4) is 11.7 Å². The van der Waals surface area contributed by atoms with Crippen LogP contribution in [0, 0.1) is 13.8 Å². The summed E-state index contributed by atoms with van der Waals surface area (Å²) in [5, 5.41) is 12.7. The molecular formula is C15H14N4O3. The third kappa shape index (κ3) is 2.98. The Kier molecular flexibility index (Phi) is 3.61. The second kappa shape index (κ2) is 5.72. The summed E-state index contributed by atoms with van der Waals surface area (Å²) in [5.41, 5.74) is 2.94. The zero-order valence-corrected chi connectivity index (χ0v) is 12.1. The molecule has 0 saturated heterocycles. The standard InChI is InChI=1S/C15H14N4O3/c1-9-5-6-11(8-10(9)2)16-14(20)17-15-19-18-13(22-15)12-4-3-7-21-12/h3-8H,1-2H3,(H2,16,17,19,20). The van der Waals surface area contributed by atoms with E-state index < -0.39 is 6.03 Å². The molecule has 0 aliphatic heterocycles. The highest BCUT2D eigenvalue weighted by molar-refractivity contribution is 5.98. The summed E-state index contributed by atoms with van der Waals surface area (Å²) in [6.07, 6.45) is 1.50. The summed E-state index contributed by atoms with van der Waals surface area (Å²) < 4.78 is 10.4. The van der Waals surface area contributed by atoms with E-state index in [1.807, 2.05) is 32.0 Å². The van der Waals surface area contributed by atoms with E-state index in [0.29, 0.717) is 11.4 Å². The highest BCUT2D eigenvalue weighted by Crippen LogP contribution is 2.20. The summed E-state index contributed by atoms with van der Waals surface area (Å²) in [6.45, 7) is 3.99. The molecule has 0 aliphatic rings. The lowest BCUT2D eigenvalue weighted by Crippen LogP contribution is -2.19. The first kappa shape index (κ1) is 13.9. The van der Waals surface area contributed by atoms with Crippen LogP contribution in [-0.2, 0) is 0 Å². The van der Waals surface area contributed by atoms with E-state index in [1.54, 1.807) is 12.1 Å². The van der Waals surface area contributed by atoms with Crippen LogP contribution in [-0.4, -0.2) is 16.2 Å². The van der Waals surface area contributed by atoms with Gasteiger partial charge in [0.25, 0.3) is 5.89 Å². The average Bonchev–Trinajstić information content (AvgIpc) is 3.13. The van der Waals surface area contributed by atoms with Gasteiger partial charge in [-0.3, -0.25) is 5.32 Å². The fourth-order valence-corrected chi connectivity index (χ4v) is 1.85. The fraction of sp³-hybridized carbons (Fsp3) is 0.133. The third-order valence-electron chi connectivity index (χ3n) is 3.14. The van der Waals surface area contributed by atoms with Crippen LogP contribution >= 0.6 is 0 Å². The molecule has 2 amide bonds. The Morgan fingerprint density at radius 3 is 2.68 bits per heavy atom. The number of nitrogens with zero attached hydrogens (tertiary/aromatic N) is 2. The Morgan fingerprint density at radius 1 is 1.09 bits per heavy atom. The highest BCUT2D eigenvalue weighted by Gasteiger charge is 2.13. The molecule has 2 N–H and O–H groups in total. The van der Waals surface area contributed by atoms with Crippen molar-refractivity contribution in [2.75, 3.05) is 10.6 Å². The van der Waals surface area contributed by atoms with Crippen molar-refractivity contribution in [1.82, 2.24) is 10.2 Å². The van der Waals surface area contributed by atoms with Crippen molar-refractivity contribution in [3.05, 3.63) is 47.7 Å². The Bertz CT molecular complexity index is 793. The van der Waals surface area contributed by atoms with Gasteiger partial charge in [0.2, 0.25) is 0 Å². The van der Waals surface area contributed by atoms with E-state index in [1.165, 1.54) is 6.26 Å². The van der Waals surface area contributed by atoms with Crippen LogP contribution in [0.15, 0.2) is 45.4 Å². The Hall–Kier alpha value is -3.09. The summed E-state index contributed by atoms with van der Waals surface area (Å²) in [7, 11) is 0. The van der Waals surface area contributed by atoms with Crippen LogP contribution < -0.4 is 10.6 Å². The van der Waals surface area contributed by atoms with Gasteiger partial charge in [0.15, 0.2) is 5.76 Å². The maximum Gasteiger partial charge on any atom is 0.327 e. The van der Waals surface area contributed by atoms with E-state index in [9.17, 15) is 4.79 Å². The molecule has 0 radical (unpaired) electrons. The van der Waals surface area contributed by atoms with Crippen molar-refractivity contribution in [2.45, 2.75) is 13.8 Å². The number of furan rings is 1. The van der Waals surface area contributed by atoms with Gasteiger partial charge in [0, 0.05) is 5.69 Å². The molecule has 2 heterocycles. The lowest BCUT2D eigenvalue weighted by molar-refractivity contribution is 0.261. The molecule has 0 aliphatic carbocycles. The lowest BCUT2D eigenvalue weighted by Gasteiger charge is -2.07. The zero-order valence-electron chi connectivity index (χ0n) is 12.1. The van der Waals surface area contributed by atoms with Gasteiger partial charge in [0.05, 0.1) is 6.26 Å². The first-order chi connectivity index (χ1) is 10.6. The predicted molar refractivity (Wildman–Crippen MR) is 80.6 cm³/mol. The molecule has 3 aromatic rings. The van der Waals surface area contributed by atoms with E-state index in [4.69, 9.17) is 8.83 Å². The molecule has 0 saturated carbocycles. The maximum atomic E-state index is 11.9. The summed E-state index contributed by atoms with van der Waals surface area (Å²) in [4.78, 5) is 11.9. The van der Waals surface area contributed by atoms with Crippen molar-refractivity contribution >= 4 is 17.7 Å². The number of benzene rings is 1. The number of hydrogen-bond acceptors (Lipinski definition) is 5. The molecule has 2 aromatic heterocycles. The molecule has 7 nitrogen and oxygen atoms in total. The monoisotopic (exact) mass is 298 g/mol. The quantitative estimate of drug-likeness (QED) is 0.770. The zero-order chi connectivity index (χ0) is 15.5. The first-order valence-corrected chi connectivity index (χ1v) is 6.64. The highest BCUT2D eigenvalue weighted by atomic mass is 16.4. The number of carbonyl (C=O) groups excluding carboxylic acids is 1. The number of urea groups is 1. The van der Waals surface area contributed by atoms with Gasteiger partial charge in [-0.1, -0.05) is 11.2 Å². The molecular weight excluding hydrogens is 284 g/mol. The largest absolute Gasteiger partial charge is 0.459 e. The van der Waals surface area contributed by atoms with Crippen molar-refractivity contribution in [2.24, 2.45) is 0 Å². The molecule has 112 valence electrons. The van der Waals surface area contributed by atoms with Gasteiger partial charge in [-0.2, -0.15) is 0 Å². The Morgan fingerprint density at radius 2 is 1.95 bits per heavy atom. The van der Waals surface area contributed by atoms with Gasteiger partial charge in [-0.15, -0.1) is 5.10 Å². The van der Waals surface area contributed by atoms with Gasteiger partial charge in [-0.05, 0) is 49.2 Å². The molecule has 7 heteroatoms. The third-order valence-corrected chi connectivity index (χ3v) is 3.14. The normalized spacial score (nSPS) is 10.5. The van der Waals surface area contributed by atoms with Gasteiger partial charge >= 0.3 is 12.0 Å². The van der Waals surface area contributed by atoms with Crippen LogP contribution in [0.5, 0.6) is 0 Å². The first-order valence-electron chi connectivity index (χ1n) is 6.64. The minimum Gasteiger partial charge on any atom is -0.459 e. The van der Waals surface area contributed by atoms with Crippen molar-refractivity contribution in [3.63, 3.8) is 0 Å². The molecule has 0 atom stereocenters. The van der Waals surface area contributed by atoms with E-state index in [-0.39, 0.29) is 11.9 Å². The van der Waals surface area contributed by atoms with Gasteiger partial charge < -0.3 is 14.2 Å². The molecule has 0 unspecified atom stereocenters. The number of nitrogens with one attached hydrogen (secondary N) is 2. The van der Waals surface area contributed by atoms with Gasteiger partial charge in [0.1, 0.15) is 0 Å². The number of aryl methyl sites for hydroxylation is 2. The minimum atomic E-state index is -0.460. The van der Waals surface area contributed by atoms with Crippen molar-refractivity contribution in [1.29, 1.82) is 0 Å². The smallest absolute Gasteiger partial charge is 0.327 e. The Labute approximate surface area is 126 Å².